The van der Waals surface area contributed by atoms with Gasteiger partial charge in [0.1, 0.15) is 5.75 Å². The summed E-state index contributed by atoms with van der Waals surface area (Å²) in [6.07, 6.45) is 7.96. The van der Waals surface area contributed by atoms with E-state index in [1.54, 1.807) is 0 Å². The monoisotopic (exact) mass is 396 g/mol. The van der Waals surface area contributed by atoms with Gasteiger partial charge in [0.25, 0.3) is 0 Å². The van der Waals surface area contributed by atoms with Gasteiger partial charge in [-0.2, -0.15) is 0 Å². The molecule has 1 aliphatic carbocycles. The number of hydrogen-bond donors (Lipinski definition) is 1. The molecule has 1 saturated carbocycles. The predicted molar refractivity (Wildman–Crippen MR) is 114 cm³/mol. The van der Waals surface area contributed by atoms with Crippen LogP contribution in [-0.2, 0) is 11.3 Å². The third-order valence-electron chi connectivity index (χ3n) is 6.71. The lowest BCUT2D eigenvalue weighted by molar-refractivity contribution is -0.143. The molecule has 1 aromatic heterocycles. The van der Waals surface area contributed by atoms with Crippen molar-refractivity contribution in [1.29, 1.82) is 0 Å². The van der Waals surface area contributed by atoms with Crippen LogP contribution in [0.1, 0.15) is 57.6 Å². The van der Waals surface area contributed by atoms with Crippen molar-refractivity contribution < 1.29 is 14.6 Å². The number of pyridine rings is 1. The van der Waals surface area contributed by atoms with Crippen molar-refractivity contribution in [2.45, 2.75) is 64.5 Å². The number of benzene rings is 1. The van der Waals surface area contributed by atoms with Crippen LogP contribution in [0.2, 0.25) is 0 Å². The van der Waals surface area contributed by atoms with Crippen LogP contribution in [0.15, 0.2) is 30.3 Å². The number of aromatic nitrogens is 1. The van der Waals surface area contributed by atoms with Gasteiger partial charge in [-0.3, -0.25) is 14.7 Å². The number of likely N-dealkylation sites (tertiary alicyclic amines) is 1. The number of aliphatic carboxylic acids is 1. The Morgan fingerprint density at radius 1 is 1.10 bits per heavy atom. The SMILES string of the molecule is CCC1CCC(Oc2ccc3nc(CN4CCC(C(=O)O)CC4)ccc3c2)CC1. The second kappa shape index (κ2) is 9.12. The maximum Gasteiger partial charge on any atom is 0.306 e. The molecule has 2 fully saturated rings. The molecule has 0 bridgehead atoms. The Morgan fingerprint density at radius 2 is 1.86 bits per heavy atom. The Kier molecular flexibility index (Phi) is 6.34. The van der Waals surface area contributed by atoms with Gasteiger partial charge >= 0.3 is 5.97 Å². The summed E-state index contributed by atoms with van der Waals surface area (Å²) >= 11 is 0. The molecule has 5 heteroatoms. The molecular formula is C24H32N2O3. The Hall–Kier alpha value is -2.14. The van der Waals surface area contributed by atoms with Gasteiger partial charge in [0.15, 0.2) is 0 Å². The van der Waals surface area contributed by atoms with E-state index in [0.29, 0.717) is 6.10 Å². The van der Waals surface area contributed by atoms with Gasteiger partial charge in [-0.05, 0) is 81.8 Å². The van der Waals surface area contributed by atoms with Gasteiger partial charge in [0.05, 0.1) is 23.2 Å². The van der Waals surface area contributed by atoms with E-state index in [9.17, 15) is 4.79 Å². The maximum absolute atomic E-state index is 11.1. The lowest BCUT2D eigenvalue weighted by atomic mass is 9.86. The molecule has 2 aromatic rings. The van der Waals surface area contributed by atoms with E-state index in [1.807, 2.05) is 6.07 Å². The zero-order valence-electron chi connectivity index (χ0n) is 17.3. The summed E-state index contributed by atoms with van der Waals surface area (Å²) in [5.74, 6) is 0.975. The first kappa shape index (κ1) is 20.1. The molecule has 2 heterocycles. The average Bonchev–Trinajstić information content (AvgIpc) is 2.75. The average molecular weight is 397 g/mol. The summed E-state index contributed by atoms with van der Waals surface area (Å²) in [5, 5.41) is 10.2. The molecule has 0 unspecified atom stereocenters. The number of ether oxygens (including phenoxy) is 1. The fourth-order valence-corrected chi connectivity index (χ4v) is 4.72. The number of carboxylic acids is 1. The van der Waals surface area contributed by atoms with Crippen molar-refractivity contribution in [2.24, 2.45) is 11.8 Å². The van der Waals surface area contributed by atoms with Gasteiger partial charge in [0.2, 0.25) is 0 Å². The highest BCUT2D eigenvalue weighted by Crippen LogP contribution is 2.30. The van der Waals surface area contributed by atoms with Gasteiger partial charge in [-0.15, -0.1) is 0 Å². The van der Waals surface area contributed by atoms with Crippen molar-refractivity contribution in [3.8, 4) is 5.75 Å². The normalized spacial score (nSPS) is 23.9. The first-order valence-electron chi connectivity index (χ1n) is 11.1. The smallest absolute Gasteiger partial charge is 0.306 e. The topological polar surface area (TPSA) is 62.7 Å². The van der Waals surface area contributed by atoms with Crippen LogP contribution in [0.25, 0.3) is 10.9 Å². The summed E-state index contributed by atoms with van der Waals surface area (Å²) in [7, 11) is 0. The quantitative estimate of drug-likeness (QED) is 0.754. The fraction of sp³-hybridized carbons (Fsp3) is 0.583. The van der Waals surface area contributed by atoms with Crippen LogP contribution < -0.4 is 4.74 Å². The molecule has 0 amide bonds. The first-order chi connectivity index (χ1) is 14.1. The van der Waals surface area contributed by atoms with Crippen molar-refractivity contribution in [2.75, 3.05) is 13.1 Å². The van der Waals surface area contributed by atoms with Crippen molar-refractivity contribution in [3.63, 3.8) is 0 Å². The Labute approximate surface area is 173 Å². The third-order valence-corrected chi connectivity index (χ3v) is 6.71. The van der Waals surface area contributed by atoms with E-state index in [0.717, 1.165) is 73.6 Å². The first-order valence-corrected chi connectivity index (χ1v) is 11.1. The van der Waals surface area contributed by atoms with Gasteiger partial charge in [-0.25, -0.2) is 0 Å². The van der Waals surface area contributed by atoms with Crippen molar-refractivity contribution >= 4 is 16.9 Å². The van der Waals surface area contributed by atoms with E-state index < -0.39 is 5.97 Å². The largest absolute Gasteiger partial charge is 0.490 e. The number of fused-ring (bicyclic) bond motifs is 1. The summed E-state index contributed by atoms with van der Waals surface area (Å²) in [6, 6.07) is 10.4. The fourth-order valence-electron chi connectivity index (χ4n) is 4.72. The molecule has 1 aromatic carbocycles. The molecule has 4 rings (SSSR count). The molecule has 5 nitrogen and oxygen atoms in total. The van der Waals surface area contributed by atoms with Gasteiger partial charge in [-0.1, -0.05) is 19.4 Å². The third kappa shape index (κ3) is 5.08. The Morgan fingerprint density at radius 3 is 2.55 bits per heavy atom. The van der Waals surface area contributed by atoms with Gasteiger partial charge in [0, 0.05) is 11.9 Å². The standard InChI is InChI=1S/C24H32N2O3/c1-2-17-3-7-21(8-4-17)29-22-9-10-23-19(15-22)5-6-20(25-23)16-26-13-11-18(12-14-26)24(27)28/h5-6,9-10,15,17-18,21H,2-4,7-8,11-14,16H2,1H3,(H,27,28). The number of piperidine rings is 1. The number of rotatable bonds is 6. The number of hydrogen-bond acceptors (Lipinski definition) is 4. The summed E-state index contributed by atoms with van der Waals surface area (Å²) in [5.41, 5.74) is 2.03. The Bertz CT molecular complexity index is 837. The van der Waals surface area contributed by atoms with E-state index in [1.165, 1.54) is 19.3 Å². The van der Waals surface area contributed by atoms with Crippen LogP contribution in [0.4, 0.5) is 0 Å². The number of carboxylic acid groups (broad SMARTS) is 1. The molecule has 1 N–H and O–H groups in total. The van der Waals surface area contributed by atoms with Crippen LogP contribution in [-0.4, -0.2) is 40.2 Å². The van der Waals surface area contributed by atoms with E-state index in [2.05, 4.69) is 36.1 Å². The highest BCUT2D eigenvalue weighted by atomic mass is 16.5. The number of carbonyl (C=O) groups is 1. The molecule has 29 heavy (non-hydrogen) atoms. The van der Waals surface area contributed by atoms with E-state index in [-0.39, 0.29) is 5.92 Å². The molecular weight excluding hydrogens is 364 g/mol. The maximum atomic E-state index is 11.1. The Balaban J connectivity index is 1.35. The number of nitrogens with zero attached hydrogens (tertiary/aromatic N) is 2. The van der Waals surface area contributed by atoms with Crippen LogP contribution in [0.5, 0.6) is 5.75 Å². The summed E-state index contributed by atoms with van der Waals surface area (Å²) in [6.45, 7) is 4.71. The van der Waals surface area contributed by atoms with Crippen LogP contribution >= 0.6 is 0 Å². The molecule has 1 saturated heterocycles. The van der Waals surface area contributed by atoms with Crippen LogP contribution in [0.3, 0.4) is 0 Å². The highest BCUT2D eigenvalue weighted by Gasteiger charge is 2.24. The van der Waals surface area contributed by atoms with Crippen molar-refractivity contribution in [1.82, 2.24) is 9.88 Å². The zero-order valence-corrected chi connectivity index (χ0v) is 17.3. The highest BCUT2D eigenvalue weighted by molar-refractivity contribution is 5.80. The van der Waals surface area contributed by atoms with Crippen molar-refractivity contribution in [3.05, 3.63) is 36.0 Å². The summed E-state index contributed by atoms with van der Waals surface area (Å²) < 4.78 is 6.25. The van der Waals surface area contributed by atoms with E-state index >= 15 is 0 Å². The minimum Gasteiger partial charge on any atom is -0.490 e. The molecule has 0 radical (unpaired) electrons. The molecule has 2 aliphatic rings. The second-order valence-electron chi connectivity index (χ2n) is 8.71. The zero-order chi connectivity index (χ0) is 20.2. The van der Waals surface area contributed by atoms with E-state index in [4.69, 9.17) is 14.8 Å². The van der Waals surface area contributed by atoms with Gasteiger partial charge < -0.3 is 9.84 Å². The molecule has 0 atom stereocenters. The molecule has 1 aliphatic heterocycles. The van der Waals surface area contributed by atoms with Crippen LogP contribution in [0, 0.1) is 11.8 Å². The molecule has 156 valence electrons. The minimum absolute atomic E-state index is 0.189. The molecule has 0 spiro atoms. The summed E-state index contributed by atoms with van der Waals surface area (Å²) in [4.78, 5) is 18.2. The minimum atomic E-state index is -0.662. The lowest BCUT2D eigenvalue weighted by Crippen LogP contribution is -2.36. The lowest BCUT2D eigenvalue weighted by Gasteiger charge is -2.29. The predicted octanol–water partition coefficient (Wildman–Crippen LogP) is 4.88. The second-order valence-corrected chi connectivity index (χ2v) is 8.71.